The molecule has 0 aliphatic heterocycles. The van der Waals surface area contributed by atoms with Gasteiger partial charge in [0, 0.05) is 19.1 Å². The zero-order valence-corrected chi connectivity index (χ0v) is 19.3. The van der Waals surface area contributed by atoms with Gasteiger partial charge in [0.05, 0.1) is 0 Å². The first-order valence-corrected chi connectivity index (χ1v) is 10.0. The van der Waals surface area contributed by atoms with Crippen LogP contribution in [0, 0.1) is 6.92 Å². The van der Waals surface area contributed by atoms with E-state index >= 15 is 0 Å². The third-order valence-corrected chi connectivity index (χ3v) is 5.13. The average Bonchev–Trinajstić information content (AvgIpc) is 3.21. The second kappa shape index (κ2) is 12.5. The van der Waals surface area contributed by atoms with Gasteiger partial charge in [-0.3, -0.25) is 0 Å². The lowest BCUT2D eigenvalue weighted by Gasteiger charge is -2.21. The second-order valence-corrected chi connectivity index (χ2v) is 7.41. The standard InChI is InChI=1S/C19H36N6.HI/c1-5-6-7-8-11-15(2)21-19(22-17-12-9-10-13-17)20-14-18-24-23-16(3)25(18)4;/h15,17H,5-14H2,1-4H3,(H2,20,21,22);1H. The molecule has 1 aliphatic carbocycles. The molecule has 1 heterocycles. The first-order valence-electron chi connectivity index (χ1n) is 10.0. The Bertz CT molecular complexity index is 536. The van der Waals surface area contributed by atoms with E-state index in [4.69, 9.17) is 4.99 Å². The van der Waals surface area contributed by atoms with Crippen LogP contribution in [-0.4, -0.2) is 32.8 Å². The number of aromatic nitrogens is 3. The van der Waals surface area contributed by atoms with Gasteiger partial charge in [-0.2, -0.15) is 0 Å². The normalized spacial score (nSPS) is 16.4. The lowest BCUT2D eigenvalue weighted by atomic mass is 10.1. The number of hydrogen-bond donors (Lipinski definition) is 2. The molecular formula is C19H37IN6. The number of hydrogen-bond acceptors (Lipinski definition) is 3. The van der Waals surface area contributed by atoms with Gasteiger partial charge >= 0.3 is 0 Å². The molecule has 6 nitrogen and oxygen atoms in total. The Hall–Kier alpha value is -0.860. The Morgan fingerprint density at radius 3 is 2.58 bits per heavy atom. The summed E-state index contributed by atoms with van der Waals surface area (Å²) in [5.74, 6) is 2.75. The van der Waals surface area contributed by atoms with Crippen LogP contribution in [0.3, 0.4) is 0 Å². The molecule has 7 heteroatoms. The smallest absolute Gasteiger partial charge is 0.192 e. The van der Waals surface area contributed by atoms with Crippen LogP contribution < -0.4 is 10.6 Å². The molecule has 2 rings (SSSR count). The molecule has 0 saturated heterocycles. The number of rotatable bonds is 9. The van der Waals surface area contributed by atoms with Crippen LogP contribution in [0.4, 0.5) is 0 Å². The van der Waals surface area contributed by atoms with Crippen molar-refractivity contribution < 1.29 is 0 Å². The summed E-state index contributed by atoms with van der Waals surface area (Å²) in [6.45, 7) is 7.03. The fourth-order valence-corrected chi connectivity index (χ4v) is 3.32. The van der Waals surface area contributed by atoms with Crippen molar-refractivity contribution in [3.63, 3.8) is 0 Å². The van der Waals surface area contributed by atoms with E-state index in [0.717, 1.165) is 17.6 Å². The summed E-state index contributed by atoms with van der Waals surface area (Å²) in [5.41, 5.74) is 0. The van der Waals surface area contributed by atoms with Gasteiger partial charge in [0.1, 0.15) is 12.4 Å². The van der Waals surface area contributed by atoms with Crippen molar-refractivity contribution in [1.29, 1.82) is 0 Å². The van der Waals surface area contributed by atoms with Gasteiger partial charge in [-0.1, -0.05) is 45.4 Å². The SMILES string of the molecule is CCCCCCC(C)NC(=NCc1nnc(C)n1C)NC1CCCC1.I. The van der Waals surface area contributed by atoms with Crippen LogP contribution in [0.5, 0.6) is 0 Å². The zero-order valence-electron chi connectivity index (χ0n) is 16.9. The van der Waals surface area contributed by atoms with Crippen molar-refractivity contribution in [3.05, 3.63) is 11.6 Å². The molecule has 2 N–H and O–H groups in total. The number of unbranched alkanes of at least 4 members (excludes halogenated alkanes) is 3. The van der Waals surface area contributed by atoms with Crippen molar-refractivity contribution in [2.45, 2.75) is 97.2 Å². The predicted molar refractivity (Wildman–Crippen MR) is 119 cm³/mol. The monoisotopic (exact) mass is 476 g/mol. The number of halogens is 1. The van der Waals surface area contributed by atoms with E-state index in [2.05, 4.69) is 34.7 Å². The topological polar surface area (TPSA) is 67.1 Å². The zero-order chi connectivity index (χ0) is 18.1. The Morgan fingerprint density at radius 2 is 1.96 bits per heavy atom. The molecule has 1 atom stereocenters. The predicted octanol–water partition coefficient (Wildman–Crippen LogP) is 4.08. The van der Waals surface area contributed by atoms with E-state index in [1.165, 1.54) is 57.8 Å². The number of guanidine groups is 1. The summed E-state index contributed by atoms with van der Waals surface area (Å²) in [4.78, 5) is 4.79. The number of nitrogens with one attached hydrogen (secondary N) is 2. The highest BCUT2D eigenvalue weighted by atomic mass is 127. The van der Waals surface area contributed by atoms with Crippen molar-refractivity contribution in [2.75, 3.05) is 0 Å². The number of aryl methyl sites for hydroxylation is 1. The lowest BCUT2D eigenvalue weighted by Crippen LogP contribution is -2.46. The maximum absolute atomic E-state index is 4.79. The van der Waals surface area contributed by atoms with Crippen molar-refractivity contribution >= 4 is 29.9 Å². The summed E-state index contributed by atoms with van der Waals surface area (Å²) in [6, 6.07) is 0.991. The van der Waals surface area contributed by atoms with Crippen molar-refractivity contribution in [2.24, 2.45) is 12.0 Å². The van der Waals surface area contributed by atoms with Gasteiger partial charge in [-0.25, -0.2) is 4.99 Å². The second-order valence-electron chi connectivity index (χ2n) is 7.41. The quantitative estimate of drug-likeness (QED) is 0.244. The average molecular weight is 476 g/mol. The molecule has 0 aromatic carbocycles. The molecule has 1 saturated carbocycles. The summed E-state index contributed by atoms with van der Waals surface area (Å²) in [6.07, 6.45) is 11.5. The van der Waals surface area contributed by atoms with Crippen LogP contribution in [0.2, 0.25) is 0 Å². The maximum atomic E-state index is 4.79. The van der Waals surface area contributed by atoms with E-state index in [9.17, 15) is 0 Å². The summed E-state index contributed by atoms with van der Waals surface area (Å²) in [7, 11) is 1.99. The molecule has 0 radical (unpaired) electrons. The largest absolute Gasteiger partial charge is 0.354 e. The van der Waals surface area contributed by atoms with Crippen LogP contribution in [0.1, 0.15) is 83.3 Å². The maximum Gasteiger partial charge on any atom is 0.192 e. The number of aliphatic imine (C=N–C) groups is 1. The van der Waals surface area contributed by atoms with Gasteiger partial charge in [-0.15, -0.1) is 34.2 Å². The molecular weight excluding hydrogens is 439 g/mol. The van der Waals surface area contributed by atoms with Gasteiger partial charge in [0.15, 0.2) is 11.8 Å². The number of nitrogens with zero attached hydrogens (tertiary/aromatic N) is 4. The molecule has 1 fully saturated rings. The molecule has 0 bridgehead atoms. The Kier molecular flexibility index (Phi) is 11.2. The minimum absolute atomic E-state index is 0. The third kappa shape index (κ3) is 7.80. The Balaban J connectivity index is 0.00000338. The fraction of sp³-hybridized carbons (Fsp3) is 0.842. The molecule has 150 valence electrons. The molecule has 1 unspecified atom stereocenters. The van der Waals surface area contributed by atoms with E-state index in [-0.39, 0.29) is 24.0 Å². The molecule has 26 heavy (non-hydrogen) atoms. The Labute approximate surface area is 176 Å². The molecule has 1 aliphatic rings. The van der Waals surface area contributed by atoms with E-state index in [0.29, 0.717) is 18.6 Å². The lowest BCUT2D eigenvalue weighted by molar-refractivity contribution is 0.525. The first kappa shape index (κ1) is 23.2. The highest BCUT2D eigenvalue weighted by molar-refractivity contribution is 14.0. The fourth-order valence-electron chi connectivity index (χ4n) is 3.32. The summed E-state index contributed by atoms with van der Waals surface area (Å²) < 4.78 is 2.00. The summed E-state index contributed by atoms with van der Waals surface area (Å²) >= 11 is 0. The third-order valence-electron chi connectivity index (χ3n) is 5.13. The highest BCUT2D eigenvalue weighted by Crippen LogP contribution is 2.17. The van der Waals surface area contributed by atoms with Crippen molar-refractivity contribution in [1.82, 2.24) is 25.4 Å². The minimum atomic E-state index is 0. The molecule has 0 spiro atoms. The molecule has 0 amide bonds. The first-order chi connectivity index (χ1) is 12.1. The van der Waals surface area contributed by atoms with Crippen LogP contribution in [-0.2, 0) is 13.6 Å². The highest BCUT2D eigenvalue weighted by Gasteiger charge is 2.17. The van der Waals surface area contributed by atoms with E-state index in [1.54, 1.807) is 0 Å². The minimum Gasteiger partial charge on any atom is -0.354 e. The van der Waals surface area contributed by atoms with Gasteiger partial charge in [0.2, 0.25) is 0 Å². The van der Waals surface area contributed by atoms with Crippen LogP contribution in [0.25, 0.3) is 0 Å². The van der Waals surface area contributed by atoms with E-state index < -0.39 is 0 Å². The summed E-state index contributed by atoms with van der Waals surface area (Å²) in [5, 5.41) is 15.6. The van der Waals surface area contributed by atoms with Crippen LogP contribution in [0.15, 0.2) is 4.99 Å². The van der Waals surface area contributed by atoms with Crippen molar-refractivity contribution in [3.8, 4) is 0 Å². The van der Waals surface area contributed by atoms with E-state index in [1.807, 2.05) is 18.5 Å². The Morgan fingerprint density at radius 1 is 1.23 bits per heavy atom. The van der Waals surface area contributed by atoms with Gasteiger partial charge in [0.25, 0.3) is 0 Å². The van der Waals surface area contributed by atoms with Gasteiger partial charge in [-0.05, 0) is 33.1 Å². The van der Waals surface area contributed by atoms with Crippen LogP contribution >= 0.6 is 24.0 Å². The molecule has 1 aromatic heterocycles. The van der Waals surface area contributed by atoms with Gasteiger partial charge < -0.3 is 15.2 Å². The molecule has 1 aromatic rings.